The molecule has 0 aliphatic carbocycles. The summed E-state index contributed by atoms with van der Waals surface area (Å²) >= 11 is 3.30. The predicted octanol–water partition coefficient (Wildman–Crippen LogP) is 1.00. The molecule has 1 aromatic carbocycles. The number of rotatable bonds is 3. The summed E-state index contributed by atoms with van der Waals surface area (Å²) < 4.78 is 0.910. The van der Waals surface area contributed by atoms with E-state index in [0.29, 0.717) is 11.8 Å². The van der Waals surface area contributed by atoms with Crippen molar-refractivity contribution in [1.29, 1.82) is 0 Å². The van der Waals surface area contributed by atoms with E-state index in [1.807, 2.05) is 13.0 Å². The van der Waals surface area contributed by atoms with Gasteiger partial charge in [0, 0.05) is 16.2 Å². The van der Waals surface area contributed by atoms with E-state index >= 15 is 0 Å². The first kappa shape index (κ1) is 12.4. The van der Waals surface area contributed by atoms with Crippen molar-refractivity contribution in [3.05, 3.63) is 40.4 Å². The topological polar surface area (TPSA) is 69.2 Å². The highest BCUT2D eigenvalue weighted by Gasteiger charge is 2.01. The molecule has 0 atom stereocenters. The van der Waals surface area contributed by atoms with Gasteiger partial charge in [-0.05, 0) is 36.8 Å². The van der Waals surface area contributed by atoms with Crippen molar-refractivity contribution in [3.63, 3.8) is 0 Å². The Morgan fingerprint density at radius 1 is 1.38 bits per heavy atom. The summed E-state index contributed by atoms with van der Waals surface area (Å²) in [6.07, 6.45) is 1.60. The van der Waals surface area contributed by atoms with Crippen molar-refractivity contribution in [3.8, 4) is 0 Å². The summed E-state index contributed by atoms with van der Waals surface area (Å²) in [6, 6.07) is 5.35. The van der Waals surface area contributed by atoms with Crippen LogP contribution in [0.5, 0.6) is 0 Å². The Hall–Kier alpha value is -1.62. The highest BCUT2D eigenvalue weighted by atomic mass is 79.9. The molecule has 1 amide bonds. The summed E-state index contributed by atoms with van der Waals surface area (Å²) in [7, 11) is 0. The number of hydrogen-bond donors (Lipinski definition) is 1. The molecule has 0 bridgehead atoms. The van der Waals surface area contributed by atoms with E-state index in [1.165, 1.54) is 0 Å². The van der Waals surface area contributed by atoms with Gasteiger partial charge in [-0.25, -0.2) is 0 Å². The fourth-order valence-electron chi connectivity index (χ4n) is 1.09. The molecule has 4 nitrogen and oxygen atoms in total. The molecule has 1 aromatic rings. The van der Waals surface area contributed by atoms with E-state index in [9.17, 15) is 14.7 Å². The van der Waals surface area contributed by atoms with Gasteiger partial charge in [-0.1, -0.05) is 15.9 Å². The van der Waals surface area contributed by atoms with Crippen molar-refractivity contribution < 1.29 is 14.7 Å². The Kier molecular flexibility index (Phi) is 4.25. The van der Waals surface area contributed by atoms with Crippen LogP contribution in [0.15, 0.2) is 34.8 Å². The van der Waals surface area contributed by atoms with Crippen molar-refractivity contribution in [2.24, 2.45) is 0 Å². The Morgan fingerprint density at radius 2 is 2.06 bits per heavy atom. The number of carbonyl (C=O) groups excluding carboxylic acids is 2. The van der Waals surface area contributed by atoms with Gasteiger partial charge in [0.1, 0.15) is 0 Å². The zero-order valence-corrected chi connectivity index (χ0v) is 10.1. The van der Waals surface area contributed by atoms with E-state index in [2.05, 4.69) is 21.2 Å². The van der Waals surface area contributed by atoms with Crippen molar-refractivity contribution in [2.75, 3.05) is 5.32 Å². The maximum atomic E-state index is 11.3. The number of carboxylic acid groups (broad SMARTS) is 1. The maximum Gasteiger partial charge on any atom is 0.248 e. The Morgan fingerprint density at radius 3 is 2.62 bits per heavy atom. The number of aliphatic carboxylic acids is 1. The number of amides is 1. The number of anilines is 1. The van der Waals surface area contributed by atoms with Crippen LogP contribution >= 0.6 is 15.9 Å². The van der Waals surface area contributed by atoms with E-state index in [0.717, 1.165) is 16.1 Å². The summed E-state index contributed by atoms with van der Waals surface area (Å²) in [5, 5.41) is 12.6. The number of halogens is 1. The number of carboxylic acids is 1. The van der Waals surface area contributed by atoms with Crippen LogP contribution in [0.25, 0.3) is 0 Å². The summed E-state index contributed by atoms with van der Waals surface area (Å²) in [5.74, 6) is -1.91. The summed E-state index contributed by atoms with van der Waals surface area (Å²) in [6.45, 7) is 1.84. The molecule has 0 radical (unpaired) electrons. The van der Waals surface area contributed by atoms with Gasteiger partial charge in [0.2, 0.25) is 5.91 Å². The van der Waals surface area contributed by atoms with Gasteiger partial charge in [0.25, 0.3) is 0 Å². The third-order valence-corrected chi connectivity index (χ3v) is 2.31. The van der Waals surface area contributed by atoms with Crippen LogP contribution in [-0.2, 0) is 9.59 Å². The number of nitrogens with one attached hydrogen (secondary N) is 1. The van der Waals surface area contributed by atoms with Gasteiger partial charge in [0.15, 0.2) is 0 Å². The number of carbonyl (C=O) groups is 2. The van der Waals surface area contributed by atoms with E-state index < -0.39 is 11.9 Å². The molecule has 0 saturated heterocycles. The van der Waals surface area contributed by atoms with Gasteiger partial charge in [-0.15, -0.1) is 0 Å². The molecular weight excluding hydrogens is 274 g/mol. The third kappa shape index (κ3) is 3.86. The number of hydrogen-bond acceptors (Lipinski definition) is 3. The molecule has 0 aromatic heterocycles. The molecule has 0 aliphatic heterocycles. The average Bonchev–Trinajstić information content (AvgIpc) is 2.19. The van der Waals surface area contributed by atoms with Crippen LogP contribution < -0.4 is 10.4 Å². The second-order valence-electron chi connectivity index (χ2n) is 3.10. The zero-order valence-electron chi connectivity index (χ0n) is 8.49. The lowest BCUT2D eigenvalue weighted by Crippen LogP contribution is -2.20. The first-order valence-electron chi connectivity index (χ1n) is 4.45. The molecule has 84 valence electrons. The van der Waals surface area contributed by atoms with Gasteiger partial charge in [0.05, 0.1) is 5.97 Å². The minimum atomic E-state index is -1.40. The minimum absolute atomic E-state index is 0.505. The molecule has 0 spiro atoms. The van der Waals surface area contributed by atoms with Crippen LogP contribution in [0.2, 0.25) is 0 Å². The zero-order chi connectivity index (χ0) is 12.1. The van der Waals surface area contributed by atoms with Gasteiger partial charge in [-0.2, -0.15) is 0 Å². The van der Waals surface area contributed by atoms with Crippen LogP contribution in [0.3, 0.4) is 0 Å². The fourth-order valence-corrected chi connectivity index (χ4v) is 1.56. The molecule has 1 rings (SSSR count). The molecule has 0 unspecified atom stereocenters. The Bertz CT molecular complexity index is 455. The first-order valence-corrected chi connectivity index (χ1v) is 5.24. The molecule has 0 aliphatic rings. The van der Waals surface area contributed by atoms with Crippen LogP contribution in [0.4, 0.5) is 5.69 Å². The molecule has 5 heteroatoms. The fraction of sp³-hybridized carbons (Fsp3) is 0.0909. The number of benzene rings is 1. The molecule has 0 heterocycles. The highest BCUT2D eigenvalue weighted by molar-refractivity contribution is 9.10. The molecule has 0 saturated carbocycles. The summed E-state index contributed by atoms with van der Waals surface area (Å²) in [4.78, 5) is 21.3. The largest absolute Gasteiger partial charge is 0.545 e. The molecular formula is C11H9BrNO3-. The lowest BCUT2D eigenvalue weighted by molar-refractivity contribution is -0.297. The highest BCUT2D eigenvalue weighted by Crippen LogP contribution is 2.19. The number of aryl methyl sites for hydroxylation is 1. The second-order valence-corrected chi connectivity index (χ2v) is 4.02. The Labute approximate surface area is 101 Å². The SMILES string of the molecule is Cc1cc(Br)ccc1NC(=O)/C=C/C(=O)[O-]. The standard InChI is InChI=1S/C11H10BrNO3/c1-7-6-8(12)2-3-9(7)13-10(14)4-5-11(15)16/h2-6H,1H3,(H,13,14)(H,15,16)/p-1/b5-4+. The third-order valence-electron chi connectivity index (χ3n) is 1.82. The molecule has 1 N–H and O–H groups in total. The van der Waals surface area contributed by atoms with E-state index in [-0.39, 0.29) is 0 Å². The monoisotopic (exact) mass is 282 g/mol. The smallest absolute Gasteiger partial charge is 0.248 e. The van der Waals surface area contributed by atoms with Crippen molar-refractivity contribution in [2.45, 2.75) is 6.92 Å². The van der Waals surface area contributed by atoms with Gasteiger partial charge in [-0.3, -0.25) is 4.79 Å². The van der Waals surface area contributed by atoms with E-state index in [4.69, 9.17) is 0 Å². The normalized spacial score (nSPS) is 10.4. The lowest BCUT2D eigenvalue weighted by Gasteiger charge is -2.06. The van der Waals surface area contributed by atoms with Crippen LogP contribution in [-0.4, -0.2) is 11.9 Å². The van der Waals surface area contributed by atoms with Gasteiger partial charge < -0.3 is 15.2 Å². The first-order chi connectivity index (χ1) is 7.49. The van der Waals surface area contributed by atoms with E-state index in [1.54, 1.807) is 12.1 Å². The lowest BCUT2D eigenvalue weighted by atomic mass is 10.2. The summed E-state index contributed by atoms with van der Waals surface area (Å²) in [5.41, 5.74) is 1.51. The van der Waals surface area contributed by atoms with Crippen molar-refractivity contribution in [1.82, 2.24) is 0 Å². The predicted molar refractivity (Wildman–Crippen MR) is 61.7 cm³/mol. The van der Waals surface area contributed by atoms with Crippen molar-refractivity contribution >= 4 is 33.5 Å². The minimum Gasteiger partial charge on any atom is -0.545 e. The quantitative estimate of drug-likeness (QED) is 0.841. The Balaban J connectivity index is 2.73. The maximum absolute atomic E-state index is 11.3. The van der Waals surface area contributed by atoms with Crippen LogP contribution in [0.1, 0.15) is 5.56 Å². The molecule has 0 fully saturated rings. The van der Waals surface area contributed by atoms with Crippen LogP contribution in [0, 0.1) is 6.92 Å². The van der Waals surface area contributed by atoms with Gasteiger partial charge >= 0.3 is 0 Å². The average molecular weight is 283 g/mol. The molecule has 16 heavy (non-hydrogen) atoms. The second kappa shape index (κ2) is 5.46.